The molecular formula is C10H21NO2. The molecule has 0 spiro atoms. The summed E-state index contributed by atoms with van der Waals surface area (Å²) in [5.41, 5.74) is 0. The van der Waals surface area contributed by atoms with Gasteiger partial charge in [-0.2, -0.15) is 0 Å². The minimum atomic E-state index is 0.434. The molecule has 2 atom stereocenters. The monoisotopic (exact) mass is 187 g/mol. The maximum absolute atomic E-state index is 5.50. The summed E-state index contributed by atoms with van der Waals surface area (Å²) in [6.45, 7) is 7.66. The molecule has 13 heavy (non-hydrogen) atoms. The molecule has 0 bridgehead atoms. The van der Waals surface area contributed by atoms with Gasteiger partial charge in [0.1, 0.15) is 0 Å². The van der Waals surface area contributed by atoms with Crippen molar-refractivity contribution in [1.82, 2.24) is 5.32 Å². The third kappa shape index (κ3) is 4.60. The molecule has 1 heterocycles. The van der Waals surface area contributed by atoms with Gasteiger partial charge in [-0.05, 0) is 26.7 Å². The number of nitrogens with one attached hydrogen (secondary N) is 1. The Balaban J connectivity index is 1.97. The highest BCUT2D eigenvalue weighted by molar-refractivity contribution is 4.70. The van der Waals surface area contributed by atoms with Gasteiger partial charge in [0.15, 0.2) is 0 Å². The SMILES string of the molecule is CCOCC(C)NCC1CCCO1. The summed E-state index contributed by atoms with van der Waals surface area (Å²) >= 11 is 0. The van der Waals surface area contributed by atoms with E-state index in [1.54, 1.807) is 0 Å². The van der Waals surface area contributed by atoms with Crippen molar-refractivity contribution < 1.29 is 9.47 Å². The van der Waals surface area contributed by atoms with E-state index in [0.29, 0.717) is 12.1 Å². The lowest BCUT2D eigenvalue weighted by Crippen LogP contribution is -2.36. The highest BCUT2D eigenvalue weighted by Crippen LogP contribution is 2.10. The van der Waals surface area contributed by atoms with Crippen LogP contribution < -0.4 is 5.32 Å². The molecule has 0 aromatic rings. The Labute approximate surface area is 80.8 Å². The molecule has 0 radical (unpaired) electrons. The lowest BCUT2D eigenvalue weighted by atomic mass is 10.2. The molecule has 3 nitrogen and oxygen atoms in total. The lowest BCUT2D eigenvalue weighted by Gasteiger charge is -2.16. The standard InChI is InChI=1S/C10H21NO2/c1-3-12-8-9(2)11-7-10-5-4-6-13-10/h9-11H,3-8H2,1-2H3. The molecule has 0 aromatic carbocycles. The van der Waals surface area contributed by atoms with Crippen LogP contribution in [0.25, 0.3) is 0 Å². The second-order valence-corrected chi connectivity index (χ2v) is 3.60. The first kappa shape index (κ1) is 11.0. The Morgan fingerprint density at radius 3 is 3.08 bits per heavy atom. The fourth-order valence-electron chi connectivity index (χ4n) is 1.49. The molecule has 0 amide bonds. The van der Waals surface area contributed by atoms with Crippen LogP contribution in [0.5, 0.6) is 0 Å². The van der Waals surface area contributed by atoms with Crippen LogP contribution in [0.2, 0.25) is 0 Å². The maximum atomic E-state index is 5.50. The zero-order valence-corrected chi connectivity index (χ0v) is 8.71. The molecule has 0 saturated carbocycles. The summed E-state index contributed by atoms with van der Waals surface area (Å²) in [7, 11) is 0. The van der Waals surface area contributed by atoms with E-state index in [4.69, 9.17) is 9.47 Å². The van der Waals surface area contributed by atoms with E-state index < -0.39 is 0 Å². The van der Waals surface area contributed by atoms with Crippen molar-refractivity contribution in [1.29, 1.82) is 0 Å². The number of hydrogen-bond acceptors (Lipinski definition) is 3. The van der Waals surface area contributed by atoms with Gasteiger partial charge >= 0.3 is 0 Å². The Morgan fingerprint density at radius 2 is 2.46 bits per heavy atom. The molecule has 1 saturated heterocycles. The summed E-state index contributed by atoms with van der Waals surface area (Å²) in [5.74, 6) is 0. The lowest BCUT2D eigenvalue weighted by molar-refractivity contribution is 0.0940. The summed E-state index contributed by atoms with van der Waals surface area (Å²) in [4.78, 5) is 0. The fraction of sp³-hybridized carbons (Fsp3) is 1.00. The molecule has 1 rings (SSSR count). The smallest absolute Gasteiger partial charge is 0.0700 e. The average molecular weight is 187 g/mol. The molecule has 1 fully saturated rings. The first-order valence-corrected chi connectivity index (χ1v) is 5.25. The molecule has 1 N–H and O–H groups in total. The van der Waals surface area contributed by atoms with Crippen molar-refractivity contribution in [2.45, 2.75) is 38.8 Å². The molecule has 1 aliphatic heterocycles. The van der Waals surface area contributed by atoms with Crippen molar-refractivity contribution in [3.8, 4) is 0 Å². The Kier molecular flexibility index (Phi) is 5.35. The highest BCUT2D eigenvalue weighted by atomic mass is 16.5. The number of hydrogen-bond donors (Lipinski definition) is 1. The molecule has 78 valence electrons. The van der Waals surface area contributed by atoms with Gasteiger partial charge in [-0.15, -0.1) is 0 Å². The topological polar surface area (TPSA) is 30.5 Å². The Hall–Kier alpha value is -0.120. The molecule has 1 aliphatic rings. The second kappa shape index (κ2) is 6.35. The number of ether oxygens (including phenoxy) is 2. The van der Waals surface area contributed by atoms with Crippen molar-refractivity contribution >= 4 is 0 Å². The summed E-state index contributed by atoms with van der Waals surface area (Å²) in [6.07, 6.45) is 2.85. The van der Waals surface area contributed by atoms with Gasteiger partial charge in [-0.1, -0.05) is 0 Å². The van der Waals surface area contributed by atoms with Gasteiger partial charge in [0.2, 0.25) is 0 Å². The summed E-state index contributed by atoms with van der Waals surface area (Å²) in [5, 5.41) is 3.41. The van der Waals surface area contributed by atoms with E-state index in [9.17, 15) is 0 Å². The molecule has 0 aromatic heterocycles. The van der Waals surface area contributed by atoms with Crippen molar-refractivity contribution in [2.75, 3.05) is 26.4 Å². The van der Waals surface area contributed by atoms with E-state index in [1.165, 1.54) is 12.8 Å². The first-order valence-electron chi connectivity index (χ1n) is 5.25. The van der Waals surface area contributed by atoms with E-state index in [2.05, 4.69) is 12.2 Å². The van der Waals surface area contributed by atoms with Crippen molar-refractivity contribution in [3.05, 3.63) is 0 Å². The predicted molar refractivity (Wildman–Crippen MR) is 52.9 cm³/mol. The summed E-state index contributed by atoms with van der Waals surface area (Å²) in [6, 6.07) is 0.434. The minimum absolute atomic E-state index is 0.434. The van der Waals surface area contributed by atoms with Gasteiger partial charge in [0, 0.05) is 25.8 Å². The molecule has 2 unspecified atom stereocenters. The fourth-order valence-corrected chi connectivity index (χ4v) is 1.49. The second-order valence-electron chi connectivity index (χ2n) is 3.60. The van der Waals surface area contributed by atoms with E-state index in [1.807, 2.05) is 6.92 Å². The summed E-state index contributed by atoms with van der Waals surface area (Å²) < 4.78 is 10.8. The zero-order valence-electron chi connectivity index (χ0n) is 8.71. The third-order valence-corrected chi connectivity index (χ3v) is 2.29. The van der Waals surface area contributed by atoms with Gasteiger partial charge in [-0.25, -0.2) is 0 Å². The van der Waals surface area contributed by atoms with Crippen LogP contribution in [0, 0.1) is 0 Å². The van der Waals surface area contributed by atoms with Gasteiger partial charge < -0.3 is 14.8 Å². The van der Waals surface area contributed by atoms with Crippen LogP contribution in [0.1, 0.15) is 26.7 Å². The number of rotatable bonds is 6. The van der Waals surface area contributed by atoms with Crippen LogP contribution >= 0.6 is 0 Å². The largest absolute Gasteiger partial charge is 0.380 e. The van der Waals surface area contributed by atoms with Crippen molar-refractivity contribution in [2.24, 2.45) is 0 Å². The normalized spacial score (nSPS) is 24.9. The Morgan fingerprint density at radius 1 is 1.62 bits per heavy atom. The van der Waals surface area contributed by atoms with E-state index in [0.717, 1.165) is 26.4 Å². The van der Waals surface area contributed by atoms with Gasteiger partial charge in [0.05, 0.1) is 12.7 Å². The van der Waals surface area contributed by atoms with E-state index in [-0.39, 0.29) is 0 Å². The minimum Gasteiger partial charge on any atom is -0.380 e. The van der Waals surface area contributed by atoms with Crippen LogP contribution in [0.3, 0.4) is 0 Å². The van der Waals surface area contributed by atoms with Gasteiger partial charge in [0.25, 0.3) is 0 Å². The zero-order chi connectivity index (χ0) is 9.52. The van der Waals surface area contributed by atoms with Crippen LogP contribution in [0.4, 0.5) is 0 Å². The predicted octanol–water partition coefficient (Wildman–Crippen LogP) is 1.18. The van der Waals surface area contributed by atoms with Crippen LogP contribution in [-0.2, 0) is 9.47 Å². The average Bonchev–Trinajstić information content (AvgIpc) is 2.64. The molecular weight excluding hydrogens is 166 g/mol. The third-order valence-electron chi connectivity index (χ3n) is 2.29. The van der Waals surface area contributed by atoms with Gasteiger partial charge in [-0.3, -0.25) is 0 Å². The quantitative estimate of drug-likeness (QED) is 0.677. The Bertz CT molecular complexity index is 124. The van der Waals surface area contributed by atoms with Crippen molar-refractivity contribution in [3.63, 3.8) is 0 Å². The van der Waals surface area contributed by atoms with Crippen LogP contribution in [-0.4, -0.2) is 38.5 Å². The first-order chi connectivity index (χ1) is 6.33. The maximum Gasteiger partial charge on any atom is 0.0700 e. The molecule has 0 aliphatic carbocycles. The van der Waals surface area contributed by atoms with E-state index >= 15 is 0 Å². The molecule has 3 heteroatoms. The highest BCUT2D eigenvalue weighted by Gasteiger charge is 2.15. The van der Waals surface area contributed by atoms with Crippen LogP contribution in [0.15, 0.2) is 0 Å².